The molecular formula is C12H19N5OS. The molecule has 0 aliphatic heterocycles. The van der Waals surface area contributed by atoms with Gasteiger partial charge in [0.15, 0.2) is 5.82 Å². The van der Waals surface area contributed by atoms with Crippen LogP contribution in [0.2, 0.25) is 0 Å². The Hall–Kier alpha value is -1.31. The van der Waals surface area contributed by atoms with Crippen molar-refractivity contribution in [3.8, 4) is 0 Å². The number of hydrogen-bond acceptors (Lipinski definition) is 6. The number of aromatic nitrogens is 4. The van der Waals surface area contributed by atoms with Crippen LogP contribution in [0.4, 0.5) is 0 Å². The molecule has 1 unspecified atom stereocenters. The van der Waals surface area contributed by atoms with E-state index in [1.165, 1.54) is 5.56 Å². The van der Waals surface area contributed by atoms with E-state index in [4.69, 9.17) is 4.74 Å². The first-order chi connectivity index (χ1) is 9.31. The van der Waals surface area contributed by atoms with E-state index >= 15 is 0 Å². The highest BCUT2D eigenvalue weighted by molar-refractivity contribution is 7.07. The highest BCUT2D eigenvalue weighted by atomic mass is 32.1. The highest BCUT2D eigenvalue weighted by Gasteiger charge is 2.13. The molecule has 0 saturated carbocycles. The van der Waals surface area contributed by atoms with Crippen LogP contribution in [0.1, 0.15) is 24.4 Å². The Morgan fingerprint density at radius 3 is 3.16 bits per heavy atom. The maximum Gasteiger partial charge on any atom is 0.167 e. The van der Waals surface area contributed by atoms with E-state index in [-0.39, 0.29) is 6.04 Å². The topological polar surface area (TPSA) is 64.9 Å². The van der Waals surface area contributed by atoms with Gasteiger partial charge in [0.1, 0.15) is 0 Å². The number of thiophene rings is 1. The first kappa shape index (κ1) is 14.1. The summed E-state index contributed by atoms with van der Waals surface area (Å²) in [5, 5.41) is 19.5. The number of nitrogens with one attached hydrogen (secondary N) is 1. The van der Waals surface area contributed by atoms with E-state index in [9.17, 15) is 0 Å². The number of rotatable bonds is 8. The van der Waals surface area contributed by atoms with Gasteiger partial charge < -0.3 is 10.1 Å². The Morgan fingerprint density at radius 1 is 1.53 bits per heavy atom. The molecule has 0 bridgehead atoms. The molecule has 0 amide bonds. The van der Waals surface area contributed by atoms with Crippen LogP contribution in [0.5, 0.6) is 0 Å². The molecule has 0 fully saturated rings. The largest absolute Gasteiger partial charge is 0.383 e. The minimum atomic E-state index is 0.118. The smallest absolute Gasteiger partial charge is 0.167 e. The Kier molecular flexibility index (Phi) is 5.44. The molecule has 2 aromatic heterocycles. The average molecular weight is 281 g/mol. The van der Waals surface area contributed by atoms with E-state index in [2.05, 4.69) is 44.6 Å². The standard InChI is InChI=1S/C12H19N5OS/c1-10(13-5-7-18-2)12-14-15-16-17(12)6-3-11-4-8-19-9-11/h4,8-10,13H,3,5-7H2,1-2H3. The average Bonchev–Trinajstić information content (AvgIpc) is 3.07. The van der Waals surface area contributed by atoms with Crippen LogP contribution in [0, 0.1) is 0 Å². The summed E-state index contributed by atoms with van der Waals surface area (Å²) in [6.07, 6.45) is 0.951. The van der Waals surface area contributed by atoms with Crippen molar-refractivity contribution in [1.82, 2.24) is 25.5 Å². The minimum Gasteiger partial charge on any atom is -0.383 e. The number of aryl methyl sites for hydroxylation is 2. The van der Waals surface area contributed by atoms with Crippen molar-refractivity contribution >= 4 is 11.3 Å². The van der Waals surface area contributed by atoms with Crippen molar-refractivity contribution < 1.29 is 4.74 Å². The molecule has 0 saturated heterocycles. The van der Waals surface area contributed by atoms with Crippen molar-refractivity contribution in [2.45, 2.75) is 25.9 Å². The van der Waals surface area contributed by atoms with Gasteiger partial charge in [0, 0.05) is 20.2 Å². The molecular weight excluding hydrogens is 262 g/mol. The maximum atomic E-state index is 5.02. The zero-order chi connectivity index (χ0) is 13.5. The number of nitrogens with zero attached hydrogens (tertiary/aromatic N) is 4. The summed E-state index contributed by atoms with van der Waals surface area (Å²) < 4.78 is 6.88. The van der Waals surface area contributed by atoms with Crippen molar-refractivity contribution in [3.63, 3.8) is 0 Å². The lowest BCUT2D eigenvalue weighted by molar-refractivity contribution is 0.195. The van der Waals surface area contributed by atoms with Crippen LogP contribution in [0.15, 0.2) is 16.8 Å². The Bertz CT molecular complexity index is 470. The zero-order valence-electron chi connectivity index (χ0n) is 11.2. The van der Waals surface area contributed by atoms with Gasteiger partial charge in [-0.1, -0.05) is 0 Å². The van der Waals surface area contributed by atoms with Gasteiger partial charge in [-0.3, -0.25) is 0 Å². The fourth-order valence-corrected chi connectivity index (χ4v) is 2.52. The molecule has 19 heavy (non-hydrogen) atoms. The first-order valence-electron chi connectivity index (χ1n) is 6.30. The maximum absolute atomic E-state index is 5.02. The molecule has 0 aliphatic carbocycles. The molecule has 0 aromatic carbocycles. The highest BCUT2D eigenvalue weighted by Crippen LogP contribution is 2.10. The van der Waals surface area contributed by atoms with Gasteiger partial charge in [-0.15, -0.1) is 5.10 Å². The molecule has 0 aliphatic rings. The van der Waals surface area contributed by atoms with Crippen LogP contribution in [0.25, 0.3) is 0 Å². The molecule has 7 heteroatoms. The van der Waals surface area contributed by atoms with E-state index in [0.29, 0.717) is 6.61 Å². The summed E-state index contributed by atoms with van der Waals surface area (Å²) in [4.78, 5) is 0. The summed E-state index contributed by atoms with van der Waals surface area (Å²) in [5.74, 6) is 0.867. The van der Waals surface area contributed by atoms with Gasteiger partial charge in [-0.2, -0.15) is 11.3 Å². The molecule has 2 heterocycles. The Balaban J connectivity index is 1.89. The van der Waals surface area contributed by atoms with E-state index in [1.807, 2.05) is 4.68 Å². The molecule has 1 atom stereocenters. The number of hydrogen-bond donors (Lipinski definition) is 1. The van der Waals surface area contributed by atoms with Gasteiger partial charge in [-0.25, -0.2) is 4.68 Å². The minimum absolute atomic E-state index is 0.118. The fraction of sp³-hybridized carbons (Fsp3) is 0.583. The normalized spacial score (nSPS) is 12.7. The lowest BCUT2D eigenvalue weighted by atomic mass is 10.2. The summed E-state index contributed by atoms with van der Waals surface area (Å²) >= 11 is 1.71. The van der Waals surface area contributed by atoms with Gasteiger partial charge in [-0.05, 0) is 46.2 Å². The summed E-state index contributed by atoms with van der Waals surface area (Å²) in [6.45, 7) is 4.33. The van der Waals surface area contributed by atoms with Crippen LogP contribution in [-0.2, 0) is 17.7 Å². The number of ether oxygens (including phenoxy) is 1. The van der Waals surface area contributed by atoms with E-state index in [0.717, 1.165) is 25.3 Å². The SMILES string of the molecule is COCCNC(C)c1nnnn1CCc1ccsc1. The molecule has 2 aromatic rings. The molecule has 104 valence electrons. The third-order valence-electron chi connectivity index (χ3n) is 2.90. The molecule has 0 radical (unpaired) electrons. The molecule has 2 rings (SSSR count). The second-order valence-corrected chi connectivity index (χ2v) is 5.09. The second-order valence-electron chi connectivity index (χ2n) is 4.31. The van der Waals surface area contributed by atoms with Gasteiger partial charge >= 0.3 is 0 Å². The van der Waals surface area contributed by atoms with Crippen molar-refractivity contribution in [2.24, 2.45) is 0 Å². The van der Waals surface area contributed by atoms with Gasteiger partial charge in [0.05, 0.1) is 12.6 Å². The van der Waals surface area contributed by atoms with Crippen molar-refractivity contribution in [2.75, 3.05) is 20.3 Å². The van der Waals surface area contributed by atoms with Crippen LogP contribution in [0.3, 0.4) is 0 Å². The lowest BCUT2D eigenvalue weighted by Gasteiger charge is -2.13. The predicted octanol–water partition coefficient (Wildman–Crippen LogP) is 1.27. The second kappa shape index (κ2) is 7.32. The summed E-state index contributed by atoms with van der Waals surface area (Å²) in [6, 6.07) is 2.25. The third-order valence-corrected chi connectivity index (χ3v) is 3.63. The first-order valence-corrected chi connectivity index (χ1v) is 7.25. The van der Waals surface area contributed by atoms with Gasteiger partial charge in [0.25, 0.3) is 0 Å². The van der Waals surface area contributed by atoms with Crippen molar-refractivity contribution in [1.29, 1.82) is 0 Å². The van der Waals surface area contributed by atoms with E-state index < -0.39 is 0 Å². The Morgan fingerprint density at radius 2 is 2.42 bits per heavy atom. The third kappa shape index (κ3) is 4.09. The van der Waals surface area contributed by atoms with Crippen LogP contribution >= 0.6 is 11.3 Å². The number of methoxy groups -OCH3 is 1. The summed E-state index contributed by atoms with van der Waals surface area (Å²) in [5.41, 5.74) is 1.33. The van der Waals surface area contributed by atoms with Crippen LogP contribution in [-0.4, -0.2) is 40.5 Å². The zero-order valence-corrected chi connectivity index (χ0v) is 12.1. The fourth-order valence-electron chi connectivity index (χ4n) is 1.82. The predicted molar refractivity (Wildman–Crippen MR) is 74.1 cm³/mol. The van der Waals surface area contributed by atoms with E-state index in [1.54, 1.807) is 18.4 Å². The monoisotopic (exact) mass is 281 g/mol. The van der Waals surface area contributed by atoms with Gasteiger partial charge in [0.2, 0.25) is 0 Å². The quantitative estimate of drug-likeness (QED) is 0.738. The Labute approximate surface area is 116 Å². The van der Waals surface area contributed by atoms with Crippen molar-refractivity contribution in [3.05, 3.63) is 28.2 Å². The van der Waals surface area contributed by atoms with Crippen LogP contribution < -0.4 is 5.32 Å². The summed E-state index contributed by atoms with van der Waals surface area (Å²) in [7, 11) is 1.69. The number of tetrazole rings is 1. The molecule has 6 nitrogen and oxygen atoms in total. The lowest BCUT2D eigenvalue weighted by Crippen LogP contribution is -2.26. The molecule has 1 N–H and O–H groups in total. The molecule has 0 spiro atoms.